The molecule has 2 aromatic rings. The molecule has 35 heavy (non-hydrogen) atoms. The maximum atomic E-state index is 8.49. The number of hydrogen-bond acceptors (Lipinski definition) is 6. The molecule has 0 saturated carbocycles. The largest absolute Gasteiger partial charge is 0.494 e. The van der Waals surface area contributed by atoms with Crippen LogP contribution in [0.2, 0.25) is 0 Å². The second-order valence-corrected chi connectivity index (χ2v) is 9.56. The highest BCUT2D eigenvalue weighted by atomic mass is 35.7. The molecule has 1 aliphatic heterocycles. The lowest BCUT2D eigenvalue weighted by molar-refractivity contribution is -2.00. The van der Waals surface area contributed by atoms with Gasteiger partial charge in [0.25, 0.3) is 0 Å². The van der Waals surface area contributed by atoms with E-state index in [1.165, 1.54) is 37.8 Å². The van der Waals surface area contributed by atoms with E-state index in [-0.39, 0.29) is 0 Å². The van der Waals surface area contributed by atoms with E-state index >= 15 is 0 Å². The van der Waals surface area contributed by atoms with Crippen LogP contribution in [0.15, 0.2) is 102 Å². The van der Waals surface area contributed by atoms with Gasteiger partial charge in [0.05, 0.1) is 6.61 Å². The highest BCUT2D eigenvalue weighted by Gasteiger charge is 2.17. The van der Waals surface area contributed by atoms with Crippen molar-refractivity contribution in [1.82, 2.24) is 0 Å². The quantitative estimate of drug-likeness (QED) is 0.577. The molecule has 0 fully saturated rings. The molecule has 0 bridgehead atoms. The number of thioether (sulfide) groups is 1. The first kappa shape index (κ1) is 26.7. The smallest absolute Gasteiger partial charge is 0.199 e. The Kier molecular flexibility index (Phi) is 9.28. The van der Waals surface area contributed by atoms with Gasteiger partial charge in [0.1, 0.15) is 19.8 Å². The van der Waals surface area contributed by atoms with Crippen molar-refractivity contribution in [3.63, 3.8) is 0 Å². The first-order valence-corrected chi connectivity index (χ1v) is 12.9. The molecule has 0 radical (unpaired) electrons. The van der Waals surface area contributed by atoms with E-state index in [4.69, 9.17) is 23.4 Å². The Hall–Kier alpha value is -2.91. The van der Waals surface area contributed by atoms with Crippen LogP contribution in [0.3, 0.4) is 0 Å². The van der Waals surface area contributed by atoms with Crippen molar-refractivity contribution in [3.8, 4) is 5.75 Å². The molecule has 0 N–H and O–H groups in total. The fourth-order valence-electron chi connectivity index (χ4n) is 3.39. The minimum absolute atomic E-state index is 0.679. The standard InChI is InChI=1S/C27H26NOS.ClHO4/c1-4-29-25-16-12-22(13-17-25)27-19-23(20-10-14-24(15-11-20)28(2)3)18-26(30-27)21-8-6-5-7-9-21;2-1(3,4)5/h5-19H,4H2,1-3H3;(H,2,3,4,5)/q+1;/p-1. The van der Waals surface area contributed by atoms with Crippen LogP contribution in [0.5, 0.6) is 5.75 Å². The van der Waals surface area contributed by atoms with Crippen LogP contribution < -0.4 is 23.4 Å². The molecule has 182 valence electrons. The number of halogens is 1. The average Bonchev–Trinajstić information content (AvgIpc) is 2.84. The molecule has 4 rings (SSSR count). The van der Waals surface area contributed by atoms with Crippen molar-refractivity contribution in [3.05, 3.63) is 113 Å². The van der Waals surface area contributed by atoms with Gasteiger partial charge < -0.3 is 4.74 Å². The number of ether oxygens (including phenoxy) is 1. The zero-order chi connectivity index (χ0) is 25.4. The van der Waals surface area contributed by atoms with Crippen LogP contribution in [0.4, 0.5) is 0 Å². The molecule has 0 unspecified atom stereocenters. The Bertz CT molecular complexity index is 1190. The predicted molar refractivity (Wildman–Crippen MR) is 130 cm³/mol. The third-order valence-electron chi connectivity index (χ3n) is 5.02. The van der Waals surface area contributed by atoms with E-state index in [9.17, 15) is 0 Å². The van der Waals surface area contributed by atoms with Crippen LogP contribution in [0.1, 0.15) is 18.1 Å². The van der Waals surface area contributed by atoms with Crippen LogP contribution in [-0.2, 0) is 0 Å². The highest BCUT2D eigenvalue weighted by Crippen LogP contribution is 2.45. The summed E-state index contributed by atoms with van der Waals surface area (Å²) in [4.78, 5) is 2.50. The SMILES string of the molecule is CCOc1ccc(C2=CC(=C3C=CC(=[N+](C)C)C=C3)C=C(c3ccccc3)S2)cc1.[O-][Cl+3]([O-])([O-])[O-]. The van der Waals surface area contributed by atoms with Crippen molar-refractivity contribution in [2.24, 2.45) is 0 Å². The average molecular weight is 512 g/mol. The first-order chi connectivity index (χ1) is 16.6. The number of benzene rings is 2. The molecular formula is C27H26ClNO5S. The van der Waals surface area contributed by atoms with Crippen LogP contribution in [0.25, 0.3) is 9.81 Å². The van der Waals surface area contributed by atoms with E-state index in [0.717, 1.165) is 5.75 Å². The van der Waals surface area contributed by atoms with Crippen molar-refractivity contribution < 1.29 is 38.2 Å². The highest BCUT2D eigenvalue weighted by molar-refractivity contribution is 8.16. The summed E-state index contributed by atoms with van der Waals surface area (Å²) in [5.41, 5.74) is 6.08. The first-order valence-electron chi connectivity index (χ1n) is 10.8. The van der Waals surface area contributed by atoms with Gasteiger partial charge in [-0.2, -0.15) is 0 Å². The van der Waals surface area contributed by atoms with Crippen molar-refractivity contribution in [2.75, 3.05) is 20.7 Å². The maximum absolute atomic E-state index is 8.49. The fraction of sp³-hybridized carbons (Fsp3) is 0.148. The Labute approximate surface area is 211 Å². The molecule has 6 nitrogen and oxygen atoms in total. The Morgan fingerprint density at radius 1 is 0.743 bits per heavy atom. The topological polar surface area (TPSA) is 104 Å². The minimum atomic E-state index is -4.94. The minimum Gasteiger partial charge on any atom is -0.494 e. The molecule has 1 aliphatic carbocycles. The predicted octanol–water partition coefficient (Wildman–Crippen LogP) is 1.59. The molecule has 0 saturated heterocycles. The maximum Gasteiger partial charge on any atom is 0.199 e. The second kappa shape index (κ2) is 12.2. The van der Waals surface area contributed by atoms with E-state index in [0.29, 0.717) is 6.61 Å². The molecular weight excluding hydrogens is 486 g/mol. The van der Waals surface area contributed by atoms with E-state index in [1.807, 2.05) is 30.8 Å². The molecule has 2 aliphatic rings. The Balaban J connectivity index is 0.000000623. The fourth-order valence-corrected chi connectivity index (χ4v) is 4.51. The van der Waals surface area contributed by atoms with Crippen molar-refractivity contribution in [1.29, 1.82) is 0 Å². The van der Waals surface area contributed by atoms with Gasteiger partial charge in [0.2, 0.25) is 0 Å². The van der Waals surface area contributed by atoms with Gasteiger partial charge in [-0.25, -0.2) is 23.2 Å². The lowest BCUT2D eigenvalue weighted by Gasteiger charge is -2.19. The molecule has 0 spiro atoms. The number of hydrogen-bond donors (Lipinski definition) is 0. The summed E-state index contributed by atoms with van der Waals surface area (Å²) < 4.78 is 41.7. The van der Waals surface area contributed by atoms with Crippen LogP contribution >= 0.6 is 11.8 Å². The third kappa shape index (κ3) is 8.36. The van der Waals surface area contributed by atoms with Gasteiger partial charge in [0, 0.05) is 22.0 Å². The summed E-state index contributed by atoms with van der Waals surface area (Å²) in [6.45, 7) is 2.69. The number of allylic oxidation sites excluding steroid dienone is 8. The van der Waals surface area contributed by atoms with Gasteiger partial charge in [-0.3, -0.25) is 0 Å². The number of nitrogens with zero attached hydrogens (tertiary/aromatic N) is 1. The normalized spacial score (nSPS) is 15.2. The van der Waals surface area contributed by atoms with Gasteiger partial charge in [-0.05, 0) is 65.6 Å². The van der Waals surface area contributed by atoms with Gasteiger partial charge in [-0.15, -0.1) is 10.2 Å². The lowest BCUT2D eigenvalue weighted by Crippen LogP contribution is -2.68. The van der Waals surface area contributed by atoms with Crippen LogP contribution in [0, 0.1) is 10.2 Å². The second-order valence-electron chi connectivity index (χ2n) is 7.72. The van der Waals surface area contributed by atoms with E-state index in [2.05, 4.69) is 97.6 Å². The number of rotatable bonds is 4. The van der Waals surface area contributed by atoms with E-state index < -0.39 is 10.2 Å². The molecule has 1 heterocycles. The summed E-state index contributed by atoms with van der Waals surface area (Å²) >= 11 is 1.82. The summed E-state index contributed by atoms with van der Waals surface area (Å²) in [5, 5.41) is 0. The van der Waals surface area contributed by atoms with Gasteiger partial charge in [0.15, 0.2) is 5.71 Å². The summed E-state index contributed by atoms with van der Waals surface area (Å²) in [6, 6.07) is 19.0. The Morgan fingerprint density at radius 2 is 1.26 bits per heavy atom. The third-order valence-corrected chi connectivity index (χ3v) is 6.17. The summed E-state index contributed by atoms with van der Waals surface area (Å²) in [6.07, 6.45) is 13.3. The molecule has 0 aromatic heterocycles. The zero-order valence-corrected chi connectivity index (χ0v) is 21.2. The zero-order valence-electron chi connectivity index (χ0n) is 19.6. The molecule has 0 amide bonds. The van der Waals surface area contributed by atoms with Crippen molar-refractivity contribution >= 4 is 27.3 Å². The lowest BCUT2D eigenvalue weighted by atomic mass is 9.99. The molecule has 2 aromatic carbocycles. The molecule has 8 heteroatoms. The summed E-state index contributed by atoms with van der Waals surface area (Å²) in [5.74, 6) is 0.907. The van der Waals surface area contributed by atoms with Gasteiger partial charge in [-0.1, -0.05) is 54.2 Å². The monoisotopic (exact) mass is 511 g/mol. The van der Waals surface area contributed by atoms with Crippen LogP contribution in [-0.4, -0.2) is 31.0 Å². The van der Waals surface area contributed by atoms with Crippen molar-refractivity contribution in [2.45, 2.75) is 6.92 Å². The van der Waals surface area contributed by atoms with Gasteiger partial charge >= 0.3 is 0 Å². The summed E-state index contributed by atoms with van der Waals surface area (Å²) in [7, 11) is -0.812. The molecule has 0 atom stereocenters. The van der Waals surface area contributed by atoms with E-state index in [1.54, 1.807) is 0 Å². The Morgan fingerprint density at radius 3 is 1.74 bits per heavy atom.